The molecule has 0 aliphatic carbocycles. The molecule has 1 atom stereocenters. The van der Waals surface area contributed by atoms with Gasteiger partial charge in [0.05, 0.1) is 10.6 Å². The van der Waals surface area contributed by atoms with Crippen molar-refractivity contribution in [1.82, 2.24) is 10.3 Å². The minimum atomic E-state index is -4.04. The van der Waals surface area contributed by atoms with Crippen LogP contribution in [0.2, 0.25) is 0 Å². The van der Waals surface area contributed by atoms with Gasteiger partial charge in [0.25, 0.3) is 20.0 Å². The number of hydrogen-bond donors (Lipinski definition) is 1. The van der Waals surface area contributed by atoms with Gasteiger partial charge < -0.3 is 0 Å². The van der Waals surface area contributed by atoms with Crippen molar-refractivity contribution in [2.75, 3.05) is 9.03 Å². The fraction of sp³-hybridized carbons (Fsp3) is 0.182. The van der Waals surface area contributed by atoms with Gasteiger partial charge in [-0.2, -0.15) is 0 Å². The lowest BCUT2D eigenvalue weighted by molar-refractivity contribution is 0.315. The summed E-state index contributed by atoms with van der Waals surface area (Å²) >= 11 is 0. The molecule has 0 saturated carbocycles. The highest BCUT2D eigenvalue weighted by atomic mass is 32.2. The lowest BCUT2D eigenvalue weighted by Crippen LogP contribution is -2.42. The summed E-state index contributed by atoms with van der Waals surface area (Å²) in [4.78, 5) is -0.129. The molecule has 176 valence electrons. The molecule has 5 rings (SSSR count). The van der Waals surface area contributed by atoms with E-state index in [2.05, 4.69) is 19.7 Å². The van der Waals surface area contributed by atoms with E-state index in [9.17, 15) is 21.2 Å². The SMILES string of the molecule is C[C@H]1CCc2cc(F)ccc2N1S(=O)(=O)c1ccc(NS(=O)(=O)c2cccc3nonc23)cc1. The van der Waals surface area contributed by atoms with Crippen LogP contribution in [-0.4, -0.2) is 33.2 Å². The summed E-state index contributed by atoms with van der Waals surface area (Å²) in [5.74, 6) is -0.417. The van der Waals surface area contributed by atoms with Crippen LogP contribution >= 0.6 is 0 Å². The van der Waals surface area contributed by atoms with E-state index in [1.54, 1.807) is 13.0 Å². The molecule has 1 aromatic heterocycles. The van der Waals surface area contributed by atoms with Crippen LogP contribution in [0.15, 0.2) is 75.1 Å². The second kappa shape index (κ2) is 8.06. The molecule has 3 aromatic carbocycles. The van der Waals surface area contributed by atoms with Crippen LogP contribution in [0.5, 0.6) is 0 Å². The molecule has 1 aliphatic heterocycles. The topological polar surface area (TPSA) is 122 Å². The van der Waals surface area contributed by atoms with E-state index in [-0.39, 0.29) is 27.0 Å². The molecule has 1 N–H and O–H groups in total. The summed E-state index contributed by atoms with van der Waals surface area (Å²) in [7, 11) is -8.01. The van der Waals surface area contributed by atoms with Gasteiger partial charge in [0.2, 0.25) is 0 Å². The highest BCUT2D eigenvalue weighted by molar-refractivity contribution is 7.93. The van der Waals surface area contributed by atoms with Gasteiger partial charge in [-0.1, -0.05) is 6.07 Å². The fourth-order valence-corrected chi connectivity index (χ4v) is 7.01. The van der Waals surface area contributed by atoms with E-state index in [1.165, 1.54) is 58.9 Å². The minimum absolute atomic E-state index is 0.0118. The number of anilines is 2. The second-order valence-electron chi connectivity index (χ2n) is 7.98. The molecule has 2 heterocycles. The van der Waals surface area contributed by atoms with Crippen molar-refractivity contribution in [3.8, 4) is 0 Å². The Labute approximate surface area is 195 Å². The van der Waals surface area contributed by atoms with Crippen LogP contribution in [0.25, 0.3) is 11.0 Å². The van der Waals surface area contributed by atoms with Crippen molar-refractivity contribution in [2.45, 2.75) is 35.6 Å². The molecule has 0 bridgehead atoms. The second-order valence-corrected chi connectivity index (χ2v) is 11.4. The highest BCUT2D eigenvalue weighted by Gasteiger charge is 2.34. The zero-order chi connectivity index (χ0) is 24.1. The summed E-state index contributed by atoms with van der Waals surface area (Å²) in [6.45, 7) is 1.80. The number of aryl methyl sites for hydroxylation is 1. The van der Waals surface area contributed by atoms with Gasteiger partial charge in [0, 0.05) is 11.7 Å². The van der Waals surface area contributed by atoms with Gasteiger partial charge in [-0.3, -0.25) is 9.03 Å². The maximum Gasteiger partial charge on any atom is 0.264 e. The Morgan fingerprint density at radius 3 is 2.56 bits per heavy atom. The van der Waals surface area contributed by atoms with Crippen molar-refractivity contribution >= 4 is 42.5 Å². The number of nitrogens with zero attached hydrogens (tertiary/aromatic N) is 3. The molecule has 12 heteroatoms. The number of rotatable bonds is 5. The van der Waals surface area contributed by atoms with Gasteiger partial charge in [-0.15, -0.1) is 0 Å². The molecule has 34 heavy (non-hydrogen) atoms. The number of fused-ring (bicyclic) bond motifs is 2. The number of aromatic nitrogens is 2. The van der Waals surface area contributed by atoms with Crippen LogP contribution in [-0.2, 0) is 26.5 Å². The van der Waals surface area contributed by atoms with Crippen LogP contribution in [0, 0.1) is 5.82 Å². The maximum absolute atomic E-state index is 13.7. The maximum atomic E-state index is 13.7. The van der Waals surface area contributed by atoms with E-state index in [1.807, 2.05) is 0 Å². The Morgan fingerprint density at radius 2 is 1.79 bits per heavy atom. The molecule has 0 radical (unpaired) electrons. The first-order chi connectivity index (χ1) is 16.2. The number of benzene rings is 3. The van der Waals surface area contributed by atoms with Gasteiger partial charge >= 0.3 is 0 Å². The van der Waals surface area contributed by atoms with Gasteiger partial charge in [0.15, 0.2) is 5.52 Å². The van der Waals surface area contributed by atoms with E-state index >= 15 is 0 Å². The highest BCUT2D eigenvalue weighted by Crippen LogP contribution is 2.36. The molecule has 0 amide bonds. The predicted octanol–water partition coefficient (Wildman–Crippen LogP) is 3.69. The van der Waals surface area contributed by atoms with Crippen LogP contribution in [0.4, 0.5) is 15.8 Å². The molecule has 0 fully saturated rings. The Hall–Kier alpha value is -3.51. The third-order valence-electron chi connectivity index (χ3n) is 5.71. The largest absolute Gasteiger partial charge is 0.280 e. The Balaban J connectivity index is 1.45. The average Bonchev–Trinajstić information content (AvgIpc) is 3.28. The first-order valence-electron chi connectivity index (χ1n) is 10.3. The number of hydrogen-bond acceptors (Lipinski definition) is 7. The molecular weight excluding hydrogens is 483 g/mol. The molecule has 1 aliphatic rings. The summed E-state index contributed by atoms with van der Waals surface area (Å²) in [5.41, 5.74) is 1.62. The first-order valence-corrected chi connectivity index (χ1v) is 13.3. The van der Waals surface area contributed by atoms with E-state index in [0.717, 1.165) is 0 Å². The van der Waals surface area contributed by atoms with Crippen molar-refractivity contribution in [3.63, 3.8) is 0 Å². The summed E-state index contributed by atoms with van der Waals surface area (Å²) in [6.07, 6.45) is 1.13. The van der Waals surface area contributed by atoms with Gasteiger partial charge in [0.1, 0.15) is 16.2 Å². The van der Waals surface area contributed by atoms with Crippen molar-refractivity contribution in [3.05, 3.63) is 72.0 Å². The molecule has 4 aromatic rings. The number of halogens is 1. The Kier molecular flexibility index (Phi) is 5.29. The quantitative estimate of drug-likeness (QED) is 0.442. The minimum Gasteiger partial charge on any atom is -0.280 e. The summed E-state index contributed by atoms with van der Waals surface area (Å²) in [6, 6.07) is 13.6. The van der Waals surface area contributed by atoms with Crippen LogP contribution in [0.3, 0.4) is 0 Å². The van der Waals surface area contributed by atoms with Crippen LogP contribution in [0.1, 0.15) is 18.9 Å². The fourth-order valence-electron chi connectivity index (χ4n) is 4.07. The van der Waals surface area contributed by atoms with E-state index < -0.39 is 25.9 Å². The number of sulfonamides is 2. The first kappa shape index (κ1) is 22.3. The standard InChI is InChI=1S/C22H19FN4O5S2/c1-14-5-6-15-13-16(23)7-12-20(15)27(14)34(30,31)18-10-8-17(9-11-18)26-33(28,29)21-4-2-3-19-22(21)25-32-24-19/h2-4,7-14,26H,5-6H2,1H3/t14-/m0/s1. The van der Waals surface area contributed by atoms with Crippen molar-refractivity contribution < 1.29 is 25.9 Å². The molecule has 9 nitrogen and oxygen atoms in total. The summed E-state index contributed by atoms with van der Waals surface area (Å²) < 4.78 is 74.6. The zero-order valence-corrected chi connectivity index (χ0v) is 19.5. The van der Waals surface area contributed by atoms with Gasteiger partial charge in [-0.05, 0) is 90.2 Å². The Bertz CT molecular complexity index is 1600. The number of nitrogens with one attached hydrogen (secondary N) is 1. The third-order valence-corrected chi connectivity index (χ3v) is 9.07. The van der Waals surface area contributed by atoms with Crippen molar-refractivity contribution in [2.24, 2.45) is 0 Å². The normalized spacial score (nSPS) is 16.4. The molecule has 0 saturated heterocycles. The molecular formula is C22H19FN4O5S2. The smallest absolute Gasteiger partial charge is 0.264 e. The van der Waals surface area contributed by atoms with E-state index in [4.69, 9.17) is 0 Å². The molecule has 0 spiro atoms. The zero-order valence-electron chi connectivity index (χ0n) is 17.8. The van der Waals surface area contributed by atoms with Crippen molar-refractivity contribution in [1.29, 1.82) is 0 Å². The third kappa shape index (κ3) is 3.78. The predicted molar refractivity (Wildman–Crippen MR) is 123 cm³/mol. The lowest BCUT2D eigenvalue weighted by Gasteiger charge is -2.36. The van der Waals surface area contributed by atoms with Gasteiger partial charge in [-0.25, -0.2) is 25.9 Å². The van der Waals surface area contributed by atoms with Crippen LogP contribution < -0.4 is 9.03 Å². The monoisotopic (exact) mass is 502 g/mol. The lowest BCUT2D eigenvalue weighted by atomic mass is 9.99. The average molecular weight is 503 g/mol. The van der Waals surface area contributed by atoms with E-state index in [0.29, 0.717) is 29.6 Å². The Morgan fingerprint density at radius 1 is 1.03 bits per heavy atom. The summed E-state index contributed by atoms with van der Waals surface area (Å²) in [5, 5.41) is 7.28. The molecule has 0 unspecified atom stereocenters.